The molecule has 5 heteroatoms. The fraction of sp³-hybridized carbons (Fsp3) is 0.429. The molecule has 1 aliphatic heterocycles. The van der Waals surface area contributed by atoms with Crippen molar-refractivity contribution in [3.05, 3.63) is 35.9 Å². The molecule has 1 aliphatic rings. The van der Waals surface area contributed by atoms with Crippen molar-refractivity contribution in [2.24, 2.45) is 0 Å². The summed E-state index contributed by atoms with van der Waals surface area (Å²) in [5.74, 6) is -0.476. The summed E-state index contributed by atoms with van der Waals surface area (Å²) in [6.45, 7) is 0.372. The number of hydrogen-bond donors (Lipinski definition) is 1. The number of rotatable bonds is 3. The van der Waals surface area contributed by atoms with Crippen LogP contribution in [0.3, 0.4) is 0 Å². The molecule has 0 aliphatic carbocycles. The lowest BCUT2D eigenvalue weighted by molar-refractivity contribution is -0.152. The zero-order valence-electron chi connectivity index (χ0n) is 10.8. The van der Waals surface area contributed by atoms with Gasteiger partial charge in [-0.25, -0.2) is 9.59 Å². The molecule has 1 N–H and O–H groups in total. The Labute approximate surface area is 111 Å². The molecule has 1 aromatic carbocycles. The van der Waals surface area contributed by atoms with Crippen LogP contribution in [-0.4, -0.2) is 41.3 Å². The van der Waals surface area contributed by atoms with Crippen molar-refractivity contribution in [1.82, 2.24) is 4.90 Å². The molecular formula is C14H17NO4. The van der Waals surface area contributed by atoms with Crippen LogP contribution in [0.1, 0.15) is 18.4 Å². The highest BCUT2D eigenvalue weighted by atomic mass is 16.5. The summed E-state index contributed by atoms with van der Waals surface area (Å²) in [6.07, 6.45) is 0.459. The Balaban J connectivity index is 2.35. The van der Waals surface area contributed by atoms with Crippen LogP contribution >= 0.6 is 0 Å². The summed E-state index contributed by atoms with van der Waals surface area (Å²) in [6, 6.07) is 9.42. The Kier molecular flexibility index (Phi) is 3.74. The van der Waals surface area contributed by atoms with E-state index in [9.17, 15) is 14.7 Å². The molecule has 1 fully saturated rings. The van der Waals surface area contributed by atoms with E-state index in [1.54, 1.807) is 0 Å². The first-order chi connectivity index (χ1) is 9.10. The molecule has 2 rings (SSSR count). The van der Waals surface area contributed by atoms with Crippen LogP contribution < -0.4 is 0 Å². The molecule has 0 aromatic heterocycles. The number of esters is 1. The number of methoxy groups -OCH3 is 1. The molecule has 5 nitrogen and oxygen atoms in total. The summed E-state index contributed by atoms with van der Waals surface area (Å²) >= 11 is 0. The monoisotopic (exact) mass is 263 g/mol. The Morgan fingerprint density at radius 1 is 1.37 bits per heavy atom. The summed E-state index contributed by atoms with van der Waals surface area (Å²) in [5, 5.41) is 9.29. The van der Waals surface area contributed by atoms with Gasteiger partial charge in [0, 0.05) is 13.0 Å². The second kappa shape index (κ2) is 5.30. The molecule has 1 saturated heterocycles. The average molecular weight is 263 g/mol. The maximum Gasteiger partial charge on any atom is 0.408 e. The third kappa shape index (κ3) is 2.41. The number of carboxylic acid groups (broad SMARTS) is 1. The first-order valence-electron chi connectivity index (χ1n) is 6.23. The quantitative estimate of drug-likeness (QED) is 0.846. The largest absolute Gasteiger partial charge is 0.467 e. The molecule has 0 saturated carbocycles. The van der Waals surface area contributed by atoms with E-state index >= 15 is 0 Å². The van der Waals surface area contributed by atoms with Crippen molar-refractivity contribution in [1.29, 1.82) is 0 Å². The fourth-order valence-corrected chi connectivity index (χ4v) is 2.75. The lowest BCUT2D eigenvalue weighted by Gasteiger charge is -2.34. The number of benzene rings is 1. The third-order valence-corrected chi connectivity index (χ3v) is 3.62. The van der Waals surface area contributed by atoms with Crippen molar-refractivity contribution in [2.45, 2.75) is 24.8 Å². The SMILES string of the molecule is COC(=O)[C@]1(Cc2ccccc2)CCCN1C(=O)O. The Morgan fingerprint density at radius 3 is 2.63 bits per heavy atom. The molecule has 1 aromatic rings. The lowest BCUT2D eigenvalue weighted by Crippen LogP contribution is -2.54. The van der Waals surface area contributed by atoms with Crippen molar-refractivity contribution < 1.29 is 19.4 Å². The first-order valence-corrected chi connectivity index (χ1v) is 6.23. The zero-order valence-corrected chi connectivity index (χ0v) is 10.8. The van der Waals surface area contributed by atoms with Gasteiger partial charge < -0.3 is 9.84 Å². The zero-order chi connectivity index (χ0) is 13.9. The number of nitrogens with zero attached hydrogens (tertiary/aromatic N) is 1. The summed E-state index contributed by atoms with van der Waals surface area (Å²) < 4.78 is 4.85. The Bertz CT molecular complexity index is 474. The van der Waals surface area contributed by atoms with Crippen molar-refractivity contribution >= 4 is 12.1 Å². The highest BCUT2D eigenvalue weighted by Gasteiger charge is 2.50. The molecule has 19 heavy (non-hydrogen) atoms. The summed E-state index contributed by atoms with van der Waals surface area (Å²) in [4.78, 5) is 24.7. The van der Waals surface area contributed by atoms with E-state index in [-0.39, 0.29) is 0 Å². The molecule has 0 bridgehead atoms. The highest BCUT2D eigenvalue weighted by Crippen LogP contribution is 2.34. The van der Waals surface area contributed by atoms with Gasteiger partial charge in [-0.15, -0.1) is 0 Å². The van der Waals surface area contributed by atoms with Gasteiger partial charge in [0.05, 0.1) is 7.11 Å². The van der Waals surface area contributed by atoms with E-state index in [1.165, 1.54) is 12.0 Å². The number of likely N-dealkylation sites (tertiary alicyclic amines) is 1. The second-order valence-electron chi connectivity index (χ2n) is 4.72. The van der Waals surface area contributed by atoms with Crippen LogP contribution in [-0.2, 0) is 16.0 Å². The van der Waals surface area contributed by atoms with Gasteiger partial charge in [0.25, 0.3) is 0 Å². The minimum atomic E-state index is -1.08. The number of hydrogen-bond acceptors (Lipinski definition) is 3. The fourth-order valence-electron chi connectivity index (χ4n) is 2.75. The van der Waals surface area contributed by atoms with Crippen molar-refractivity contribution in [3.63, 3.8) is 0 Å². The van der Waals surface area contributed by atoms with E-state index in [1.807, 2.05) is 30.3 Å². The van der Waals surface area contributed by atoms with Gasteiger partial charge >= 0.3 is 12.1 Å². The minimum absolute atomic E-state index is 0.354. The third-order valence-electron chi connectivity index (χ3n) is 3.62. The maximum absolute atomic E-state index is 12.1. The van der Waals surface area contributed by atoms with E-state index in [0.29, 0.717) is 25.8 Å². The Morgan fingerprint density at radius 2 is 2.05 bits per heavy atom. The second-order valence-corrected chi connectivity index (χ2v) is 4.72. The minimum Gasteiger partial charge on any atom is -0.467 e. The van der Waals surface area contributed by atoms with Gasteiger partial charge in [-0.2, -0.15) is 0 Å². The molecule has 102 valence electrons. The van der Waals surface area contributed by atoms with E-state index in [2.05, 4.69) is 0 Å². The van der Waals surface area contributed by atoms with Gasteiger partial charge in [0.1, 0.15) is 5.54 Å². The number of carbonyl (C=O) groups excluding carboxylic acids is 1. The van der Waals surface area contributed by atoms with Crippen LogP contribution in [0, 0.1) is 0 Å². The maximum atomic E-state index is 12.1. The molecule has 1 amide bonds. The number of ether oxygens (including phenoxy) is 1. The van der Waals surface area contributed by atoms with Crippen LogP contribution in [0.15, 0.2) is 30.3 Å². The van der Waals surface area contributed by atoms with Crippen LogP contribution in [0.4, 0.5) is 4.79 Å². The number of carbonyl (C=O) groups is 2. The molecule has 0 spiro atoms. The molecule has 0 unspecified atom stereocenters. The molecule has 1 heterocycles. The highest BCUT2D eigenvalue weighted by molar-refractivity contribution is 5.86. The predicted molar refractivity (Wildman–Crippen MR) is 68.9 cm³/mol. The van der Waals surface area contributed by atoms with Crippen LogP contribution in [0.5, 0.6) is 0 Å². The molecule has 1 atom stereocenters. The standard InChI is InChI=1S/C14H17NO4/c1-19-12(16)14(8-5-9-15(14)13(17)18)10-11-6-3-2-4-7-11/h2-4,6-7H,5,8-10H2,1H3,(H,17,18)/t14-/m1/s1. The number of amides is 1. The van der Waals surface area contributed by atoms with E-state index < -0.39 is 17.6 Å². The van der Waals surface area contributed by atoms with Gasteiger partial charge in [-0.3, -0.25) is 4.90 Å². The normalized spacial score (nSPS) is 22.3. The van der Waals surface area contributed by atoms with Crippen LogP contribution in [0.2, 0.25) is 0 Å². The molecular weight excluding hydrogens is 246 g/mol. The summed E-state index contributed by atoms with van der Waals surface area (Å²) in [5.41, 5.74) is -0.150. The van der Waals surface area contributed by atoms with E-state index in [0.717, 1.165) is 5.56 Å². The topological polar surface area (TPSA) is 66.8 Å². The van der Waals surface area contributed by atoms with E-state index in [4.69, 9.17) is 4.74 Å². The Hall–Kier alpha value is -2.04. The first kappa shape index (κ1) is 13.4. The van der Waals surface area contributed by atoms with Crippen molar-refractivity contribution in [2.75, 3.05) is 13.7 Å². The molecule has 0 radical (unpaired) electrons. The van der Waals surface area contributed by atoms with Gasteiger partial charge in [-0.05, 0) is 18.4 Å². The lowest BCUT2D eigenvalue weighted by atomic mass is 9.88. The predicted octanol–water partition coefficient (Wildman–Crippen LogP) is 1.91. The summed E-state index contributed by atoms with van der Waals surface area (Å²) in [7, 11) is 1.30. The van der Waals surface area contributed by atoms with Gasteiger partial charge in [0.15, 0.2) is 0 Å². The van der Waals surface area contributed by atoms with Gasteiger partial charge in [-0.1, -0.05) is 30.3 Å². The smallest absolute Gasteiger partial charge is 0.408 e. The average Bonchev–Trinajstić information content (AvgIpc) is 2.84. The van der Waals surface area contributed by atoms with Crippen LogP contribution in [0.25, 0.3) is 0 Å². The van der Waals surface area contributed by atoms with Gasteiger partial charge in [0.2, 0.25) is 0 Å². The van der Waals surface area contributed by atoms with Crippen molar-refractivity contribution in [3.8, 4) is 0 Å².